The topological polar surface area (TPSA) is 32.3 Å². The van der Waals surface area contributed by atoms with Crippen LogP contribution in [0.25, 0.3) is 0 Å². The third kappa shape index (κ3) is 2.64. The molecule has 0 saturated carbocycles. The number of phenolic OH excluding ortho intramolecular Hbond substituents is 1. The molecule has 1 aliphatic rings. The highest BCUT2D eigenvalue weighted by Crippen LogP contribution is 2.22. The number of benzene rings is 1. The molecule has 1 aliphatic carbocycles. The quantitative estimate of drug-likeness (QED) is 0.759. The molecule has 1 aromatic rings. The molecule has 86 valence electrons. The summed E-state index contributed by atoms with van der Waals surface area (Å²) in [5.41, 5.74) is 1.26. The van der Waals surface area contributed by atoms with Crippen LogP contribution in [0.15, 0.2) is 36.4 Å². The van der Waals surface area contributed by atoms with Gasteiger partial charge in [-0.2, -0.15) is 0 Å². The first-order valence-electron chi connectivity index (χ1n) is 5.99. The Kier molecular flexibility index (Phi) is 3.62. The molecule has 0 aromatic heterocycles. The Morgan fingerprint density at radius 1 is 1.25 bits per heavy atom. The lowest BCUT2D eigenvalue weighted by Crippen LogP contribution is -2.30. The number of hydrogen-bond donors (Lipinski definition) is 2. The van der Waals surface area contributed by atoms with Crippen molar-refractivity contribution in [3.8, 4) is 5.75 Å². The van der Waals surface area contributed by atoms with Crippen LogP contribution in [0.3, 0.4) is 0 Å². The van der Waals surface area contributed by atoms with E-state index in [9.17, 15) is 5.11 Å². The molecule has 0 heterocycles. The fourth-order valence-corrected chi connectivity index (χ4v) is 2.19. The molecule has 1 aromatic carbocycles. The molecule has 16 heavy (non-hydrogen) atoms. The van der Waals surface area contributed by atoms with Gasteiger partial charge in [-0.3, -0.25) is 0 Å². The zero-order valence-electron chi connectivity index (χ0n) is 9.69. The first-order valence-corrected chi connectivity index (χ1v) is 5.99. The number of aromatic hydroxyl groups is 1. The molecule has 2 heteroatoms. The summed E-state index contributed by atoms with van der Waals surface area (Å²) >= 11 is 0. The van der Waals surface area contributed by atoms with E-state index in [1.807, 2.05) is 12.1 Å². The number of hydrogen-bond acceptors (Lipinski definition) is 2. The van der Waals surface area contributed by atoms with E-state index in [1.165, 1.54) is 5.56 Å². The molecule has 2 N–H and O–H groups in total. The number of phenols is 1. The van der Waals surface area contributed by atoms with Crippen LogP contribution in [-0.4, -0.2) is 11.1 Å². The van der Waals surface area contributed by atoms with Crippen molar-refractivity contribution in [1.29, 1.82) is 0 Å². The van der Waals surface area contributed by atoms with Crippen LogP contribution >= 0.6 is 0 Å². The highest BCUT2D eigenvalue weighted by molar-refractivity contribution is 5.28. The van der Waals surface area contributed by atoms with Gasteiger partial charge in [-0.25, -0.2) is 0 Å². The van der Waals surface area contributed by atoms with E-state index in [0.29, 0.717) is 17.8 Å². The first-order chi connectivity index (χ1) is 7.79. The molecular weight excluding hydrogens is 198 g/mol. The van der Waals surface area contributed by atoms with Gasteiger partial charge in [0.25, 0.3) is 0 Å². The predicted molar refractivity (Wildman–Crippen MR) is 66.4 cm³/mol. The second kappa shape index (κ2) is 5.17. The van der Waals surface area contributed by atoms with Gasteiger partial charge in [0, 0.05) is 12.1 Å². The summed E-state index contributed by atoms with van der Waals surface area (Å²) in [6.45, 7) is 2.19. The average molecular weight is 217 g/mol. The van der Waals surface area contributed by atoms with Crippen LogP contribution < -0.4 is 5.32 Å². The Hall–Kier alpha value is -1.28. The smallest absolute Gasteiger partial charge is 0.115 e. The van der Waals surface area contributed by atoms with Gasteiger partial charge < -0.3 is 10.4 Å². The summed E-state index contributed by atoms with van der Waals surface area (Å²) in [6.07, 6.45) is 7.81. The Bertz CT molecular complexity index is 348. The van der Waals surface area contributed by atoms with Crippen LogP contribution in [0.4, 0.5) is 0 Å². The van der Waals surface area contributed by atoms with Crippen molar-refractivity contribution in [3.05, 3.63) is 42.0 Å². The average Bonchev–Trinajstić information content (AvgIpc) is 2.80. The summed E-state index contributed by atoms with van der Waals surface area (Å²) in [6, 6.07) is 8.49. The van der Waals surface area contributed by atoms with Gasteiger partial charge >= 0.3 is 0 Å². The summed E-state index contributed by atoms with van der Waals surface area (Å²) in [4.78, 5) is 0. The van der Waals surface area contributed by atoms with Crippen molar-refractivity contribution in [1.82, 2.24) is 5.32 Å². The minimum atomic E-state index is 0.334. The van der Waals surface area contributed by atoms with Crippen LogP contribution in [0.2, 0.25) is 0 Å². The fraction of sp³-hybridized carbons (Fsp3) is 0.429. The standard InChI is InChI=1S/C14H19NO/c1-2-14(15-12-5-3-4-6-12)11-7-9-13(16)10-8-11/h3-4,7-10,12,14-16H,2,5-6H2,1H3. The maximum absolute atomic E-state index is 9.26. The largest absolute Gasteiger partial charge is 0.508 e. The van der Waals surface area contributed by atoms with E-state index in [1.54, 1.807) is 12.1 Å². The predicted octanol–water partition coefficient (Wildman–Crippen LogP) is 3.15. The molecule has 1 atom stereocenters. The Morgan fingerprint density at radius 3 is 2.44 bits per heavy atom. The zero-order valence-corrected chi connectivity index (χ0v) is 9.69. The van der Waals surface area contributed by atoms with Gasteiger partial charge in [-0.1, -0.05) is 31.2 Å². The van der Waals surface area contributed by atoms with Crippen molar-refractivity contribution in [3.63, 3.8) is 0 Å². The van der Waals surface area contributed by atoms with E-state index in [0.717, 1.165) is 19.3 Å². The summed E-state index contributed by atoms with van der Waals surface area (Å²) < 4.78 is 0. The molecule has 0 radical (unpaired) electrons. The fourth-order valence-electron chi connectivity index (χ4n) is 2.19. The lowest BCUT2D eigenvalue weighted by Gasteiger charge is -2.22. The van der Waals surface area contributed by atoms with Gasteiger partial charge in [0.1, 0.15) is 5.75 Å². The first kappa shape index (κ1) is 11.2. The summed E-state index contributed by atoms with van der Waals surface area (Å²) in [5.74, 6) is 0.334. The van der Waals surface area contributed by atoms with E-state index in [4.69, 9.17) is 0 Å². The third-order valence-electron chi connectivity index (χ3n) is 3.15. The molecule has 0 aliphatic heterocycles. The van der Waals surface area contributed by atoms with Crippen LogP contribution in [0.5, 0.6) is 5.75 Å². The number of rotatable bonds is 4. The van der Waals surface area contributed by atoms with Gasteiger partial charge in [-0.15, -0.1) is 0 Å². The van der Waals surface area contributed by atoms with Crippen molar-refractivity contribution in [2.45, 2.75) is 38.3 Å². The molecule has 0 fully saturated rings. The van der Waals surface area contributed by atoms with Gasteiger partial charge in [0.15, 0.2) is 0 Å². The van der Waals surface area contributed by atoms with Crippen molar-refractivity contribution in [2.75, 3.05) is 0 Å². The number of nitrogens with one attached hydrogen (secondary N) is 1. The summed E-state index contributed by atoms with van der Waals surface area (Å²) in [7, 11) is 0. The molecule has 1 unspecified atom stereocenters. The maximum Gasteiger partial charge on any atom is 0.115 e. The molecule has 2 nitrogen and oxygen atoms in total. The second-order valence-corrected chi connectivity index (χ2v) is 4.36. The van der Waals surface area contributed by atoms with Gasteiger partial charge in [0.05, 0.1) is 0 Å². The summed E-state index contributed by atoms with van der Waals surface area (Å²) in [5, 5.41) is 12.9. The zero-order chi connectivity index (χ0) is 11.4. The molecule has 0 spiro atoms. The highest BCUT2D eigenvalue weighted by Gasteiger charge is 2.16. The lowest BCUT2D eigenvalue weighted by molar-refractivity contribution is 0.437. The monoisotopic (exact) mass is 217 g/mol. The normalized spacial score (nSPS) is 17.8. The van der Waals surface area contributed by atoms with Crippen LogP contribution in [0, 0.1) is 0 Å². The Morgan fingerprint density at radius 2 is 1.88 bits per heavy atom. The molecule has 0 amide bonds. The van der Waals surface area contributed by atoms with E-state index < -0.39 is 0 Å². The Balaban J connectivity index is 2.01. The second-order valence-electron chi connectivity index (χ2n) is 4.36. The Labute approximate surface area is 97.0 Å². The molecule has 0 bridgehead atoms. The van der Waals surface area contributed by atoms with Crippen molar-refractivity contribution < 1.29 is 5.11 Å². The molecule has 0 saturated heterocycles. The highest BCUT2D eigenvalue weighted by atomic mass is 16.3. The molecular formula is C14H19NO. The molecule has 2 rings (SSSR count). The van der Waals surface area contributed by atoms with Crippen molar-refractivity contribution >= 4 is 0 Å². The lowest BCUT2D eigenvalue weighted by atomic mass is 10.0. The maximum atomic E-state index is 9.26. The van der Waals surface area contributed by atoms with Gasteiger partial charge in [-0.05, 0) is 37.0 Å². The van der Waals surface area contributed by atoms with Gasteiger partial charge in [0.2, 0.25) is 0 Å². The van der Waals surface area contributed by atoms with Crippen LogP contribution in [0.1, 0.15) is 37.8 Å². The van der Waals surface area contributed by atoms with Crippen LogP contribution in [-0.2, 0) is 0 Å². The van der Waals surface area contributed by atoms with E-state index in [2.05, 4.69) is 24.4 Å². The van der Waals surface area contributed by atoms with E-state index >= 15 is 0 Å². The van der Waals surface area contributed by atoms with Crippen molar-refractivity contribution in [2.24, 2.45) is 0 Å². The van der Waals surface area contributed by atoms with E-state index in [-0.39, 0.29) is 0 Å². The SMILES string of the molecule is CCC(NC1CC=CC1)c1ccc(O)cc1. The minimum absolute atomic E-state index is 0.334. The minimum Gasteiger partial charge on any atom is -0.508 e. The third-order valence-corrected chi connectivity index (χ3v) is 3.15.